The van der Waals surface area contributed by atoms with E-state index in [0.29, 0.717) is 80.8 Å². The van der Waals surface area contributed by atoms with Gasteiger partial charge >= 0.3 is 12.4 Å². The minimum atomic E-state index is -5.00. The van der Waals surface area contributed by atoms with E-state index < -0.39 is 35.6 Å². The SMILES string of the molecule is CC[C@@H]1C[C@H](N(Cc2cc(C(F)(F)F)cc(C(F)(F)F)c2)c2ncc(N3CCC(O)C3)cn2)CN1c1nc(N2CCC(O)CC2)ncc1Cl. The largest absolute Gasteiger partial charge is 0.416 e. The number of aliphatic hydroxyl groups is 2. The first-order valence-electron chi connectivity index (χ1n) is 16.2. The van der Waals surface area contributed by atoms with Gasteiger partial charge in [-0.25, -0.2) is 15.0 Å². The molecule has 0 aliphatic carbocycles. The molecule has 1 aromatic carbocycles. The number of hydrogen-bond donors (Lipinski definition) is 2. The fraction of sp³-hybridized carbons (Fsp3) is 0.562. The molecular weight excluding hydrogens is 678 g/mol. The summed E-state index contributed by atoms with van der Waals surface area (Å²) in [5, 5.41) is 20.2. The third kappa shape index (κ3) is 7.91. The third-order valence-electron chi connectivity index (χ3n) is 9.45. The minimum Gasteiger partial charge on any atom is -0.393 e. The highest BCUT2D eigenvalue weighted by molar-refractivity contribution is 6.32. The van der Waals surface area contributed by atoms with Gasteiger partial charge in [-0.15, -0.1) is 0 Å². The molecule has 3 fully saturated rings. The zero-order chi connectivity index (χ0) is 35.1. The molecule has 0 radical (unpaired) electrons. The Kier molecular flexibility index (Phi) is 10.0. The Morgan fingerprint density at radius 2 is 1.45 bits per heavy atom. The maximum atomic E-state index is 13.8. The number of benzene rings is 1. The van der Waals surface area contributed by atoms with Crippen molar-refractivity contribution in [1.82, 2.24) is 19.9 Å². The van der Waals surface area contributed by atoms with E-state index in [9.17, 15) is 36.6 Å². The number of halogens is 7. The van der Waals surface area contributed by atoms with E-state index >= 15 is 0 Å². The summed E-state index contributed by atoms with van der Waals surface area (Å²) >= 11 is 6.65. The second kappa shape index (κ2) is 13.9. The third-order valence-corrected chi connectivity index (χ3v) is 9.71. The summed E-state index contributed by atoms with van der Waals surface area (Å²) in [7, 11) is 0. The monoisotopic (exact) mass is 714 g/mol. The molecule has 266 valence electrons. The Balaban J connectivity index is 1.35. The molecule has 3 saturated heterocycles. The summed E-state index contributed by atoms with van der Waals surface area (Å²) in [5.41, 5.74) is -2.35. The molecular formula is C32H37ClF6N8O2. The fourth-order valence-electron chi connectivity index (χ4n) is 6.81. The second-order valence-corrected chi connectivity index (χ2v) is 13.2. The van der Waals surface area contributed by atoms with Gasteiger partial charge in [-0.2, -0.15) is 31.3 Å². The summed E-state index contributed by atoms with van der Waals surface area (Å²) in [4.78, 5) is 25.8. The number of rotatable bonds is 8. The fourth-order valence-corrected chi connectivity index (χ4v) is 7.01. The lowest BCUT2D eigenvalue weighted by Crippen LogP contribution is -2.39. The highest BCUT2D eigenvalue weighted by Gasteiger charge is 2.40. The molecule has 5 heterocycles. The lowest BCUT2D eigenvalue weighted by Gasteiger charge is -2.32. The first-order chi connectivity index (χ1) is 23.2. The van der Waals surface area contributed by atoms with E-state index in [2.05, 4.69) is 15.0 Å². The lowest BCUT2D eigenvalue weighted by atomic mass is 10.0. The first kappa shape index (κ1) is 35.2. The average molecular weight is 715 g/mol. The Morgan fingerprint density at radius 1 is 0.837 bits per heavy atom. The number of anilines is 4. The standard InChI is InChI=1S/C32H37ClF6N8O2/c1-2-22-12-23(17-46(22)28-27(33)15-42-30(43-28)44-6-3-25(48)4-7-44)47(29-40-13-24(14-41-29)45-8-5-26(49)18-45)16-19-9-20(31(34,35)36)11-21(10-19)32(37,38)39/h9-11,13-15,22-23,25-26,48-49H,2-8,12,16-18H2,1H3/t22-,23+,26?/m1/s1. The summed E-state index contributed by atoms with van der Waals surface area (Å²) in [5.74, 6) is 1.06. The molecule has 3 aliphatic rings. The zero-order valence-electron chi connectivity index (χ0n) is 26.7. The van der Waals surface area contributed by atoms with Crippen molar-refractivity contribution >= 4 is 35.0 Å². The van der Waals surface area contributed by atoms with Crippen molar-refractivity contribution in [2.24, 2.45) is 0 Å². The molecule has 0 spiro atoms. The highest BCUT2D eigenvalue weighted by atomic mass is 35.5. The number of aliphatic hydroxyl groups excluding tert-OH is 2. The van der Waals surface area contributed by atoms with Crippen molar-refractivity contribution in [3.63, 3.8) is 0 Å². The van der Waals surface area contributed by atoms with Gasteiger partial charge in [0.1, 0.15) is 5.02 Å². The van der Waals surface area contributed by atoms with Crippen LogP contribution in [-0.4, -0.2) is 87.2 Å². The second-order valence-electron chi connectivity index (χ2n) is 12.8. The maximum Gasteiger partial charge on any atom is 0.416 e. The number of piperidine rings is 1. The van der Waals surface area contributed by atoms with Crippen LogP contribution in [0.15, 0.2) is 36.8 Å². The van der Waals surface area contributed by atoms with E-state index in [1.807, 2.05) is 21.6 Å². The molecule has 49 heavy (non-hydrogen) atoms. The Hall–Kier alpha value is -3.63. The molecule has 3 aliphatic heterocycles. The van der Waals surface area contributed by atoms with E-state index in [4.69, 9.17) is 16.6 Å². The maximum absolute atomic E-state index is 13.8. The first-order valence-corrected chi connectivity index (χ1v) is 16.6. The lowest BCUT2D eigenvalue weighted by molar-refractivity contribution is -0.143. The normalized spacial score (nSPS) is 22.3. The van der Waals surface area contributed by atoms with Crippen LogP contribution < -0.4 is 19.6 Å². The Labute approximate surface area is 284 Å². The quantitative estimate of drug-likeness (QED) is 0.289. The molecule has 10 nitrogen and oxygen atoms in total. The zero-order valence-corrected chi connectivity index (χ0v) is 27.4. The summed E-state index contributed by atoms with van der Waals surface area (Å²) in [6.07, 6.45) is -3.42. The van der Waals surface area contributed by atoms with Gasteiger partial charge in [-0.3, -0.25) is 0 Å². The van der Waals surface area contributed by atoms with Crippen molar-refractivity contribution in [3.05, 3.63) is 58.5 Å². The summed E-state index contributed by atoms with van der Waals surface area (Å²) < 4.78 is 82.8. The van der Waals surface area contributed by atoms with Crippen LogP contribution in [0, 0.1) is 0 Å². The van der Waals surface area contributed by atoms with Crippen LogP contribution in [0.2, 0.25) is 5.02 Å². The van der Waals surface area contributed by atoms with Gasteiger partial charge in [0, 0.05) is 45.3 Å². The van der Waals surface area contributed by atoms with Crippen LogP contribution in [0.5, 0.6) is 0 Å². The number of hydrogen-bond acceptors (Lipinski definition) is 10. The molecule has 1 unspecified atom stereocenters. The van der Waals surface area contributed by atoms with Crippen molar-refractivity contribution in [2.75, 3.05) is 52.3 Å². The molecule has 0 amide bonds. The van der Waals surface area contributed by atoms with Crippen LogP contribution in [0.3, 0.4) is 0 Å². The van der Waals surface area contributed by atoms with Crippen LogP contribution in [0.1, 0.15) is 55.7 Å². The highest BCUT2D eigenvalue weighted by Crippen LogP contribution is 2.39. The van der Waals surface area contributed by atoms with Gasteiger partial charge in [0.15, 0.2) is 5.82 Å². The molecule has 3 aromatic rings. The van der Waals surface area contributed by atoms with Crippen LogP contribution >= 0.6 is 11.6 Å². The molecule has 0 bridgehead atoms. The smallest absolute Gasteiger partial charge is 0.393 e. The average Bonchev–Trinajstić information content (AvgIpc) is 3.70. The Morgan fingerprint density at radius 3 is 2.02 bits per heavy atom. The van der Waals surface area contributed by atoms with Crippen LogP contribution in [-0.2, 0) is 18.9 Å². The van der Waals surface area contributed by atoms with Gasteiger partial charge in [-0.05, 0) is 55.9 Å². The topological polar surface area (TPSA) is 105 Å². The van der Waals surface area contributed by atoms with Gasteiger partial charge in [0.25, 0.3) is 0 Å². The van der Waals surface area contributed by atoms with E-state index in [0.717, 1.165) is 12.1 Å². The molecule has 3 atom stereocenters. The van der Waals surface area contributed by atoms with Crippen molar-refractivity contribution < 1.29 is 36.6 Å². The van der Waals surface area contributed by atoms with Gasteiger partial charge in [-0.1, -0.05) is 18.5 Å². The van der Waals surface area contributed by atoms with E-state index in [-0.39, 0.29) is 42.8 Å². The van der Waals surface area contributed by atoms with Gasteiger partial charge < -0.3 is 29.8 Å². The minimum absolute atomic E-state index is 0.117. The van der Waals surface area contributed by atoms with Gasteiger partial charge in [0.05, 0.1) is 53.7 Å². The molecule has 2 N–H and O–H groups in total. The van der Waals surface area contributed by atoms with E-state index in [1.165, 1.54) is 6.20 Å². The molecule has 0 saturated carbocycles. The molecule has 6 rings (SSSR count). The number of alkyl halides is 6. The van der Waals surface area contributed by atoms with Crippen LogP contribution in [0.4, 0.5) is 49.7 Å². The molecule has 17 heteroatoms. The number of β-amino-alcohol motifs (C(OH)–C–C–N with tert-alkyl or cyclic N) is 1. The van der Waals surface area contributed by atoms with Crippen LogP contribution in [0.25, 0.3) is 0 Å². The van der Waals surface area contributed by atoms with Crippen molar-refractivity contribution in [3.8, 4) is 0 Å². The predicted molar refractivity (Wildman–Crippen MR) is 172 cm³/mol. The number of aromatic nitrogens is 4. The summed E-state index contributed by atoms with van der Waals surface area (Å²) in [6, 6.07) is 0.998. The van der Waals surface area contributed by atoms with Crippen molar-refractivity contribution in [2.45, 2.75) is 82.2 Å². The summed E-state index contributed by atoms with van der Waals surface area (Å²) in [6.45, 7) is 4.04. The van der Waals surface area contributed by atoms with E-state index in [1.54, 1.807) is 17.3 Å². The number of nitrogens with zero attached hydrogens (tertiary/aromatic N) is 8. The van der Waals surface area contributed by atoms with Gasteiger partial charge in [0.2, 0.25) is 11.9 Å². The molecule has 2 aromatic heterocycles. The Bertz CT molecular complexity index is 1570. The predicted octanol–water partition coefficient (Wildman–Crippen LogP) is 5.55. The van der Waals surface area contributed by atoms with Crippen molar-refractivity contribution in [1.29, 1.82) is 0 Å².